The molecule has 0 aliphatic heterocycles. The minimum atomic E-state index is -0.447. The summed E-state index contributed by atoms with van der Waals surface area (Å²) in [5.41, 5.74) is 5.50. The van der Waals surface area contributed by atoms with Crippen LogP contribution in [0.2, 0.25) is 0 Å². The van der Waals surface area contributed by atoms with E-state index in [0.29, 0.717) is 16.8 Å². The predicted molar refractivity (Wildman–Crippen MR) is 161 cm³/mol. The summed E-state index contributed by atoms with van der Waals surface area (Å²) in [4.78, 5) is 30.6. The molecule has 3 aromatic carbocycles. The molecule has 0 aromatic heterocycles. The molecule has 0 fully saturated rings. The molecule has 8 nitrogen and oxygen atoms in total. The second-order valence-corrected chi connectivity index (χ2v) is 10.1. The highest BCUT2D eigenvalue weighted by molar-refractivity contribution is 14.1. The van der Waals surface area contributed by atoms with Gasteiger partial charge in [-0.15, -0.1) is 0 Å². The lowest BCUT2D eigenvalue weighted by molar-refractivity contribution is 0.0956. The third-order valence-electron chi connectivity index (χ3n) is 6.08. The van der Waals surface area contributed by atoms with E-state index in [1.165, 1.54) is 18.3 Å². The van der Waals surface area contributed by atoms with E-state index < -0.39 is 5.91 Å². The molecule has 0 heterocycles. The SMILES string of the molecule is CCN(CC)CCN(C)Cc1cccc(C(=O)Nc2ccc(I)cc2C(=O)N/N=C/c2ccc(O)cc2)c1. The largest absolute Gasteiger partial charge is 0.508 e. The van der Waals surface area contributed by atoms with E-state index in [2.05, 4.69) is 69.1 Å². The zero-order valence-electron chi connectivity index (χ0n) is 21.9. The van der Waals surface area contributed by atoms with Crippen LogP contribution in [0.1, 0.15) is 45.7 Å². The quantitative estimate of drug-likeness (QED) is 0.153. The maximum absolute atomic E-state index is 13.1. The number of hydrazone groups is 1. The molecule has 200 valence electrons. The first kappa shape index (κ1) is 29.3. The van der Waals surface area contributed by atoms with Crippen LogP contribution in [0.15, 0.2) is 71.8 Å². The molecule has 9 heteroatoms. The molecule has 3 aromatic rings. The van der Waals surface area contributed by atoms with E-state index in [4.69, 9.17) is 0 Å². The minimum absolute atomic E-state index is 0.151. The summed E-state index contributed by atoms with van der Waals surface area (Å²) in [6.07, 6.45) is 1.48. The van der Waals surface area contributed by atoms with Gasteiger partial charge in [0.1, 0.15) is 5.75 Å². The highest BCUT2D eigenvalue weighted by Crippen LogP contribution is 2.20. The number of aromatic hydroxyl groups is 1. The molecule has 2 amide bonds. The first-order valence-corrected chi connectivity index (χ1v) is 13.6. The molecule has 38 heavy (non-hydrogen) atoms. The van der Waals surface area contributed by atoms with Gasteiger partial charge < -0.3 is 20.2 Å². The van der Waals surface area contributed by atoms with Crippen LogP contribution >= 0.6 is 22.6 Å². The topological polar surface area (TPSA) is 97.3 Å². The van der Waals surface area contributed by atoms with Crippen molar-refractivity contribution in [1.29, 1.82) is 0 Å². The zero-order chi connectivity index (χ0) is 27.5. The van der Waals surface area contributed by atoms with Crippen LogP contribution in [0.25, 0.3) is 0 Å². The summed E-state index contributed by atoms with van der Waals surface area (Å²) in [5, 5.41) is 16.3. The average molecular weight is 628 g/mol. The number of amides is 2. The fourth-order valence-electron chi connectivity index (χ4n) is 3.85. The molecule has 0 bridgehead atoms. The number of rotatable bonds is 12. The Balaban J connectivity index is 1.66. The van der Waals surface area contributed by atoms with Crippen molar-refractivity contribution in [2.75, 3.05) is 38.5 Å². The first-order chi connectivity index (χ1) is 18.3. The third kappa shape index (κ3) is 8.93. The van der Waals surface area contributed by atoms with Crippen molar-refractivity contribution in [3.05, 3.63) is 92.6 Å². The van der Waals surface area contributed by atoms with Gasteiger partial charge in [-0.25, -0.2) is 5.43 Å². The van der Waals surface area contributed by atoms with Crippen molar-refractivity contribution >= 4 is 46.3 Å². The lowest BCUT2D eigenvalue weighted by atomic mass is 10.1. The summed E-state index contributed by atoms with van der Waals surface area (Å²) in [7, 11) is 2.08. The van der Waals surface area contributed by atoms with Gasteiger partial charge in [-0.05, 0) is 108 Å². The van der Waals surface area contributed by atoms with E-state index in [1.807, 2.05) is 24.3 Å². The zero-order valence-corrected chi connectivity index (χ0v) is 24.1. The molecule has 0 unspecified atom stereocenters. The number of carbonyl (C=O) groups excluding carboxylic acids is 2. The van der Waals surface area contributed by atoms with E-state index in [9.17, 15) is 14.7 Å². The molecule has 3 rings (SSSR count). The van der Waals surface area contributed by atoms with Crippen molar-refractivity contribution in [1.82, 2.24) is 15.2 Å². The van der Waals surface area contributed by atoms with E-state index in [0.717, 1.165) is 47.4 Å². The second kappa shape index (κ2) is 14.6. The number of benzene rings is 3. The van der Waals surface area contributed by atoms with Crippen molar-refractivity contribution in [2.45, 2.75) is 20.4 Å². The Labute approximate surface area is 237 Å². The number of anilines is 1. The van der Waals surface area contributed by atoms with E-state index >= 15 is 0 Å². The number of nitrogens with zero attached hydrogens (tertiary/aromatic N) is 3. The summed E-state index contributed by atoms with van der Waals surface area (Å²) >= 11 is 2.12. The first-order valence-electron chi connectivity index (χ1n) is 12.5. The normalized spacial score (nSPS) is 11.3. The predicted octanol–water partition coefficient (Wildman–Crippen LogP) is 4.79. The number of likely N-dealkylation sites (N-methyl/N-ethyl adjacent to an activating group) is 2. The van der Waals surface area contributed by atoms with Crippen LogP contribution in [-0.2, 0) is 6.54 Å². The number of phenols is 1. The summed E-state index contributed by atoms with van der Waals surface area (Å²) < 4.78 is 0.850. The number of carbonyl (C=O) groups is 2. The number of nitrogens with one attached hydrogen (secondary N) is 2. The standard InChI is InChI=1S/C29H34IN5O3/c1-4-35(5-2)16-15-34(3)20-22-7-6-8-23(17-22)28(37)32-27-14-11-24(30)18-26(27)29(38)33-31-19-21-9-12-25(36)13-10-21/h6-14,17-19,36H,4-5,15-16,20H2,1-3H3,(H,32,37)(H,33,38)/b31-19+. The maximum Gasteiger partial charge on any atom is 0.273 e. The van der Waals surface area contributed by atoms with E-state index in [1.54, 1.807) is 30.3 Å². The molecule has 0 radical (unpaired) electrons. The van der Waals surface area contributed by atoms with Crippen molar-refractivity contribution in [3.63, 3.8) is 0 Å². The number of halogens is 1. The Bertz CT molecular complexity index is 1260. The van der Waals surface area contributed by atoms with Gasteiger partial charge >= 0.3 is 0 Å². The van der Waals surface area contributed by atoms with Crippen molar-refractivity contribution in [3.8, 4) is 5.75 Å². The number of hydrogen-bond donors (Lipinski definition) is 3. The van der Waals surface area contributed by atoms with Crippen molar-refractivity contribution < 1.29 is 14.7 Å². The van der Waals surface area contributed by atoms with Crippen LogP contribution in [0.5, 0.6) is 5.75 Å². The lowest BCUT2D eigenvalue weighted by Gasteiger charge is -2.23. The third-order valence-corrected chi connectivity index (χ3v) is 6.75. The molecule has 0 saturated carbocycles. The minimum Gasteiger partial charge on any atom is -0.508 e. The highest BCUT2D eigenvalue weighted by atomic mass is 127. The van der Waals surface area contributed by atoms with Crippen LogP contribution < -0.4 is 10.7 Å². The van der Waals surface area contributed by atoms with Crippen LogP contribution in [-0.4, -0.2) is 66.2 Å². The Hall–Kier alpha value is -3.28. The van der Waals surface area contributed by atoms with Gasteiger partial charge in [-0.3, -0.25) is 9.59 Å². The molecule has 0 spiro atoms. The number of phenolic OH excluding ortho intramolecular Hbond substituents is 1. The Morgan fingerprint density at radius 3 is 2.42 bits per heavy atom. The van der Waals surface area contributed by atoms with E-state index in [-0.39, 0.29) is 11.7 Å². The molecule has 0 atom stereocenters. The molecule has 0 saturated heterocycles. The molecule has 0 aliphatic rings. The van der Waals surface area contributed by atoms with Gasteiger partial charge in [-0.2, -0.15) is 5.10 Å². The van der Waals surface area contributed by atoms with Gasteiger partial charge in [0, 0.05) is 28.8 Å². The van der Waals surface area contributed by atoms with Gasteiger partial charge in [0.15, 0.2) is 0 Å². The molecular weight excluding hydrogens is 593 g/mol. The second-order valence-electron chi connectivity index (χ2n) is 8.90. The van der Waals surface area contributed by atoms with Gasteiger partial charge in [0.25, 0.3) is 11.8 Å². The van der Waals surface area contributed by atoms with Crippen LogP contribution in [0, 0.1) is 3.57 Å². The molecular formula is C29H34IN5O3. The van der Waals surface area contributed by atoms with Crippen LogP contribution in [0.4, 0.5) is 5.69 Å². The maximum atomic E-state index is 13.1. The lowest BCUT2D eigenvalue weighted by Crippen LogP contribution is -2.32. The highest BCUT2D eigenvalue weighted by Gasteiger charge is 2.15. The Morgan fingerprint density at radius 2 is 1.71 bits per heavy atom. The van der Waals surface area contributed by atoms with Gasteiger partial charge in [-0.1, -0.05) is 26.0 Å². The van der Waals surface area contributed by atoms with Gasteiger partial charge in [0.05, 0.1) is 17.5 Å². The Morgan fingerprint density at radius 1 is 0.974 bits per heavy atom. The molecule has 3 N–H and O–H groups in total. The monoisotopic (exact) mass is 627 g/mol. The summed E-state index contributed by atoms with van der Waals surface area (Å²) in [6, 6.07) is 19.2. The Kier molecular flexibility index (Phi) is 11.3. The summed E-state index contributed by atoms with van der Waals surface area (Å²) in [5.74, 6) is -0.587. The number of hydrogen-bond acceptors (Lipinski definition) is 6. The molecule has 0 aliphatic carbocycles. The van der Waals surface area contributed by atoms with Crippen molar-refractivity contribution in [2.24, 2.45) is 5.10 Å². The fourth-order valence-corrected chi connectivity index (χ4v) is 4.34. The van der Waals surface area contributed by atoms with Crippen LogP contribution in [0.3, 0.4) is 0 Å². The smallest absolute Gasteiger partial charge is 0.273 e. The van der Waals surface area contributed by atoms with Gasteiger partial charge in [0.2, 0.25) is 0 Å². The fraction of sp³-hybridized carbons (Fsp3) is 0.276. The summed E-state index contributed by atoms with van der Waals surface area (Å²) in [6.45, 7) is 9.07. The average Bonchev–Trinajstić information content (AvgIpc) is 2.91.